The minimum absolute atomic E-state index is 0.0798. The molecule has 0 aliphatic rings. The van der Waals surface area contributed by atoms with E-state index < -0.39 is 17.8 Å². The molecular formula is C37H32N2O6. The van der Waals surface area contributed by atoms with Gasteiger partial charge in [0.15, 0.2) is 6.61 Å². The fourth-order valence-electron chi connectivity index (χ4n) is 4.93. The average molecular weight is 601 g/mol. The highest BCUT2D eigenvalue weighted by Gasteiger charge is 2.20. The molecule has 0 bridgehead atoms. The number of rotatable bonds is 13. The summed E-state index contributed by atoms with van der Waals surface area (Å²) in [6.07, 6.45) is 3.16. The van der Waals surface area contributed by atoms with Crippen LogP contribution in [0.5, 0.6) is 11.5 Å². The van der Waals surface area contributed by atoms with Crippen LogP contribution in [-0.4, -0.2) is 44.1 Å². The zero-order valence-electron chi connectivity index (χ0n) is 24.6. The zero-order chi connectivity index (χ0) is 31.6. The van der Waals surface area contributed by atoms with Crippen molar-refractivity contribution in [2.45, 2.75) is 0 Å². The summed E-state index contributed by atoms with van der Waals surface area (Å²) in [6, 6.07) is 30.0. The largest absolute Gasteiger partial charge is 0.489 e. The van der Waals surface area contributed by atoms with Gasteiger partial charge >= 0.3 is 5.97 Å². The lowest BCUT2D eigenvalue weighted by Gasteiger charge is -2.19. The summed E-state index contributed by atoms with van der Waals surface area (Å²) < 4.78 is 17.3. The van der Waals surface area contributed by atoms with E-state index in [1.807, 2.05) is 72.8 Å². The monoisotopic (exact) mass is 600 g/mol. The van der Waals surface area contributed by atoms with E-state index in [2.05, 4.69) is 23.8 Å². The van der Waals surface area contributed by atoms with E-state index in [0.717, 1.165) is 32.7 Å². The van der Waals surface area contributed by atoms with Gasteiger partial charge < -0.3 is 24.8 Å². The van der Waals surface area contributed by atoms with Gasteiger partial charge in [0.05, 0.1) is 12.1 Å². The Morgan fingerprint density at radius 1 is 0.667 bits per heavy atom. The third kappa shape index (κ3) is 7.37. The molecule has 0 radical (unpaired) electrons. The van der Waals surface area contributed by atoms with Gasteiger partial charge in [-0.1, -0.05) is 92.0 Å². The Kier molecular flexibility index (Phi) is 9.87. The maximum atomic E-state index is 12.8. The van der Waals surface area contributed by atoms with Crippen molar-refractivity contribution in [2.24, 2.45) is 0 Å². The molecule has 0 aliphatic carbocycles. The molecule has 8 nitrogen and oxygen atoms in total. The van der Waals surface area contributed by atoms with Crippen molar-refractivity contribution in [1.82, 2.24) is 5.32 Å². The Balaban J connectivity index is 1.33. The average Bonchev–Trinajstić information content (AvgIpc) is 3.07. The maximum Gasteiger partial charge on any atom is 0.338 e. The first-order valence-electron chi connectivity index (χ1n) is 14.3. The number of hydrogen-bond donors (Lipinski definition) is 2. The van der Waals surface area contributed by atoms with Crippen molar-refractivity contribution < 1.29 is 28.6 Å². The molecule has 0 aliphatic heterocycles. The zero-order valence-corrected chi connectivity index (χ0v) is 24.6. The van der Waals surface area contributed by atoms with Gasteiger partial charge in [-0.05, 0) is 51.9 Å². The molecule has 0 atom stereocenters. The normalized spacial score (nSPS) is 10.6. The number of ether oxygens (including phenoxy) is 3. The van der Waals surface area contributed by atoms with E-state index in [9.17, 15) is 14.4 Å². The SMILES string of the molecule is C=CCOC(=O)c1cccc(NC(=O)CNC(=O)COc2ccc3ccccc3c2-c2c(OCC=C)ccc3ccccc23)c1. The van der Waals surface area contributed by atoms with Gasteiger partial charge in [-0.15, -0.1) is 0 Å². The minimum Gasteiger partial charge on any atom is -0.489 e. The van der Waals surface area contributed by atoms with Crippen LogP contribution in [0.25, 0.3) is 32.7 Å². The highest BCUT2D eigenvalue weighted by molar-refractivity contribution is 6.10. The lowest BCUT2D eigenvalue weighted by Crippen LogP contribution is -2.35. The number of hydrogen-bond acceptors (Lipinski definition) is 6. The van der Waals surface area contributed by atoms with Gasteiger partial charge in [-0.3, -0.25) is 9.59 Å². The second-order valence-corrected chi connectivity index (χ2v) is 10.0. The first kappa shape index (κ1) is 30.6. The molecule has 45 heavy (non-hydrogen) atoms. The molecule has 226 valence electrons. The predicted molar refractivity (Wildman–Crippen MR) is 177 cm³/mol. The summed E-state index contributed by atoms with van der Waals surface area (Å²) >= 11 is 0. The van der Waals surface area contributed by atoms with Crippen LogP contribution < -0.4 is 20.1 Å². The number of amides is 2. The van der Waals surface area contributed by atoms with Crippen LogP contribution in [0.2, 0.25) is 0 Å². The number of esters is 1. The van der Waals surface area contributed by atoms with Crippen LogP contribution in [0.3, 0.4) is 0 Å². The minimum atomic E-state index is -0.535. The maximum absolute atomic E-state index is 12.8. The number of carbonyl (C=O) groups excluding carboxylic acids is 3. The van der Waals surface area contributed by atoms with Crippen LogP contribution in [0.1, 0.15) is 10.4 Å². The van der Waals surface area contributed by atoms with Crippen LogP contribution in [0.4, 0.5) is 5.69 Å². The summed E-state index contributed by atoms with van der Waals surface area (Å²) in [7, 11) is 0. The van der Waals surface area contributed by atoms with Gasteiger partial charge in [0, 0.05) is 16.8 Å². The van der Waals surface area contributed by atoms with Gasteiger partial charge in [-0.2, -0.15) is 0 Å². The van der Waals surface area contributed by atoms with Crippen molar-refractivity contribution in [3.63, 3.8) is 0 Å². The highest BCUT2D eigenvalue weighted by Crippen LogP contribution is 2.45. The summed E-state index contributed by atoms with van der Waals surface area (Å²) in [6.45, 7) is 7.09. The molecule has 5 aromatic carbocycles. The van der Waals surface area contributed by atoms with Gasteiger partial charge in [0.25, 0.3) is 5.91 Å². The first-order chi connectivity index (χ1) is 22.0. The van der Waals surface area contributed by atoms with E-state index in [1.165, 1.54) is 12.1 Å². The fraction of sp³-hybridized carbons (Fsp3) is 0.108. The standard InChI is InChI=1S/C37H32N2O6/c1-3-20-43-31-18-16-25-10-5-7-14-29(25)35(31)36-30-15-8-6-11-26(30)17-19-32(36)45-24-34(41)38-23-33(40)39-28-13-9-12-27(22-28)37(42)44-21-4-2/h3-19,22H,1-2,20-21,23-24H2,(H,38,41)(H,39,40). The first-order valence-corrected chi connectivity index (χ1v) is 14.3. The second-order valence-electron chi connectivity index (χ2n) is 10.0. The van der Waals surface area contributed by atoms with Crippen molar-refractivity contribution in [1.29, 1.82) is 0 Å². The molecule has 0 aromatic heterocycles. The molecule has 2 N–H and O–H groups in total. The Labute approximate surface area is 260 Å². The summed E-state index contributed by atoms with van der Waals surface area (Å²) in [4.78, 5) is 37.5. The lowest BCUT2D eigenvalue weighted by atomic mass is 9.92. The van der Waals surface area contributed by atoms with E-state index in [-0.39, 0.29) is 25.3 Å². The molecule has 0 fully saturated rings. The third-order valence-corrected chi connectivity index (χ3v) is 6.91. The Morgan fingerprint density at radius 3 is 1.93 bits per heavy atom. The summed E-state index contributed by atoms with van der Waals surface area (Å²) in [5, 5.41) is 9.20. The Hall–Kier alpha value is -5.89. The van der Waals surface area contributed by atoms with Crippen molar-refractivity contribution in [3.05, 3.63) is 128 Å². The second kappa shape index (κ2) is 14.5. The molecule has 0 heterocycles. The van der Waals surface area contributed by atoms with Gasteiger partial charge in [0.1, 0.15) is 24.7 Å². The molecular weight excluding hydrogens is 568 g/mol. The quantitative estimate of drug-likeness (QED) is 0.115. The number of fused-ring (bicyclic) bond motifs is 2. The van der Waals surface area contributed by atoms with Crippen LogP contribution in [0, 0.1) is 0 Å². The molecule has 5 aromatic rings. The van der Waals surface area contributed by atoms with E-state index in [0.29, 0.717) is 23.8 Å². The summed E-state index contributed by atoms with van der Waals surface area (Å²) in [5.74, 6) is -0.326. The van der Waals surface area contributed by atoms with Crippen LogP contribution in [-0.2, 0) is 14.3 Å². The van der Waals surface area contributed by atoms with Gasteiger partial charge in [0.2, 0.25) is 5.91 Å². The van der Waals surface area contributed by atoms with Crippen LogP contribution >= 0.6 is 0 Å². The number of carbonyl (C=O) groups is 3. The topological polar surface area (TPSA) is 103 Å². The molecule has 5 rings (SSSR count). The fourth-order valence-corrected chi connectivity index (χ4v) is 4.93. The molecule has 8 heteroatoms. The third-order valence-electron chi connectivity index (χ3n) is 6.91. The molecule has 0 saturated heterocycles. The van der Waals surface area contributed by atoms with E-state index in [1.54, 1.807) is 24.3 Å². The number of benzene rings is 5. The molecule has 2 amide bonds. The predicted octanol–water partition coefficient (Wildman–Crippen LogP) is 6.70. The Morgan fingerprint density at radius 2 is 1.29 bits per heavy atom. The van der Waals surface area contributed by atoms with E-state index >= 15 is 0 Å². The van der Waals surface area contributed by atoms with Crippen molar-refractivity contribution in [3.8, 4) is 22.6 Å². The smallest absolute Gasteiger partial charge is 0.338 e. The molecule has 0 unspecified atom stereocenters. The highest BCUT2D eigenvalue weighted by atomic mass is 16.5. The van der Waals surface area contributed by atoms with Gasteiger partial charge in [-0.25, -0.2) is 4.79 Å². The summed E-state index contributed by atoms with van der Waals surface area (Å²) in [5.41, 5.74) is 2.31. The lowest BCUT2D eigenvalue weighted by molar-refractivity contribution is -0.125. The molecule has 0 saturated carbocycles. The Bertz CT molecular complexity index is 1900. The van der Waals surface area contributed by atoms with Crippen molar-refractivity contribution in [2.75, 3.05) is 31.7 Å². The number of anilines is 1. The number of nitrogens with one attached hydrogen (secondary N) is 2. The van der Waals surface area contributed by atoms with Crippen LogP contribution in [0.15, 0.2) is 122 Å². The van der Waals surface area contributed by atoms with Crippen molar-refractivity contribution >= 4 is 45.0 Å². The molecule has 0 spiro atoms. The van der Waals surface area contributed by atoms with E-state index in [4.69, 9.17) is 14.2 Å².